The number of benzene rings is 2. The first-order chi connectivity index (χ1) is 16.6. The van der Waals surface area contributed by atoms with Crippen LogP contribution in [0.1, 0.15) is 12.0 Å². The molecule has 1 saturated heterocycles. The molecule has 5 aromatic rings. The van der Waals surface area contributed by atoms with Gasteiger partial charge in [0.2, 0.25) is 0 Å². The molecular formula is C27H23FN6. The minimum Gasteiger partial charge on any atom is -0.346 e. The van der Waals surface area contributed by atoms with E-state index in [0.29, 0.717) is 11.5 Å². The lowest BCUT2D eigenvalue weighted by molar-refractivity contribution is 0.491. The van der Waals surface area contributed by atoms with Crippen molar-refractivity contribution >= 4 is 21.8 Å². The predicted octanol–water partition coefficient (Wildman–Crippen LogP) is 4.88. The summed E-state index contributed by atoms with van der Waals surface area (Å²) < 4.78 is 18.8. The van der Waals surface area contributed by atoms with E-state index in [2.05, 4.69) is 33.3 Å². The van der Waals surface area contributed by atoms with Crippen molar-refractivity contribution in [2.45, 2.75) is 13.0 Å². The maximum Gasteiger partial charge on any atom is 0.141 e. The Kier molecular flexibility index (Phi) is 4.89. The van der Waals surface area contributed by atoms with Crippen LogP contribution in [0.5, 0.6) is 0 Å². The summed E-state index contributed by atoms with van der Waals surface area (Å²) >= 11 is 0. The Morgan fingerprint density at radius 1 is 1.12 bits per heavy atom. The van der Waals surface area contributed by atoms with Gasteiger partial charge in [0.25, 0.3) is 0 Å². The molecule has 3 aromatic heterocycles. The number of pyridine rings is 1. The molecule has 7 heteroatoms. The molecule has 168 valence electrons. The van der Waals surface area contributed by atoms with Crippen LogP contribution in [0.15, 0.2) is 61.1 Å². The first-order valence-corrected chi connectivity index (χ1v) is 11.4. The van der Waals surface area contributed by atoms with Crippen LogP contribution in [-0.2, 0) is 13.6 Å². The van der Waals surface area contributed by atoms with E-state index in [-0.39, 0.29) is 5.56 Å². The third kappa shape index (κ3) is 3.35. The van der Waals surface area contributed by atoms with E-state index in [1.165, 1.54) is 6.07 Å². The molecule has 1 N–H and O–H groups in total. The number of fused-ring (bicyclic) bond motifs is 2. The van der Waals surface area contributed by atoms with Crippen molar-refractivity contribution in [1.29, 1.82) is 5.26 Å². The highest BCUT2D eigenvalue weighted by Crippen LogP contribution is 2.38. The summed E-state index contributed by atoms with van der Waals surface area (Å²) in [6.07, 6.45) is 7.01. The number of aryl methyl sites for hydroxylation is 1. The summed E-state index contributed by atoms with van der Waals surface area (Å²) in [5.74, 6) is 0.0567. The molecule has 6 rings (SSSR count). The average molecular weight is 451 g/mol. The second-order valence-corrected chi connectivity index (χ2v) is 8.96. The molecule has 0 bridgehead atoms. The van der Waals surface area contributed by atoms with Gasteiger partial charge in [-0.1, -0.05) is 12.1 Å². The fraction of sp³-hybridized carbons (Fsp3) is 0.222. The van der Waals surface area contributed by atoms with Crippen molar-refractivity contribution in [3.8, 4) is 28.5 Å². The van der Waals surface area contributed by atoms with Crippen LogP contribution in [0.3, 0.4) is 0 Å². The number of rotatable bonds is 4. The molecular weight excluding hydrogens is 427 g/mol. The van der Waals surface area contributed by atoms with E-state index in [0.717, 1.165) is 64.7 Å². The lowest BCUT2D eigenvalue weighted by Crippen LogP contribution is -2.14. The van der Waals surface area contributed by atoms with Crippen molar-refractivity contribution in [2.75, 3.05) is 13.1 Å². The maximum absolute atomic E-state index is 14.7. The maximum atomic E-state index is 14.7. The van der Waals surface area contributed by atoms with Gasteiger partial charge in [-0.2, -0.15) is 10.4 Å². The van der Waals surface area contributed by atoms with E-state index < -0.39 is 5.82 Å². The van der Waals surface area contributed by atoms with E-state index in [4.69, 9.17) is 4.98 Å². The fourth-order valence-corrected chi connectivity index (χ4v) is 5.05. The lowest BCUT2D eigenvalue weighted by Gasteiger charge is -2.15. The smallest absolute Gasteiger partial charge is 0.141 e. The molecule has 0 radical (unpaired) electrons. The number of nitrogens with zero attached hydrogens (tertiary/aromatic N) is 5. The van der Waals surface area contributed by atoms with E-state index in [1.54, 1.807) is 6.07 Å². The first-order valence-electron chi connectivity index (χ1n) is 11.4. The van der Waals surface area contributed by atoms with Gasteiger partial charge in [0.05, 0.1) is 34.7 Å². The van der Waals surface area contributed by atoms with Crippen LogP contribution >= 0.6 is 0 Å². The third-order valence-electron chi connectivity index (χ3n) is 6.84. The van der Waals surface area contributed by atoms with Gasteiger partial charge in [0.1, 0.15) is 11.9 Å². The van der Waals surface area contributed by atoms with Crippen LogP contribution < -0.4 is 5.32 Å². The largest absolute Gasteiger partial charge is 0.346 e. The summed E-state index contributed by atoms with van der Waals surface area (Å²) in [7, 11) is 1.92. The zero-order chi connectivity index (χ0) is 23.2. The van der Waals surface area contributed by atoms with Gasteiger partial charge in [0, 0.05) is 41.7 Å². The highest BCUT2D eigenvalue weighted by molar-refractivity contribution is 6.02. The summed E-state index contributed by atoms with van der Waals surface area (Å²) in [6, 6.07) is 14.9. The Morgan fingerprint density at radius 2 is 2.00 bits per heavy atom. The van der Waals surface area contributed by atoms with Crippen LogP contribution in [0, 0.1) is 23.1 Å². The fourth-order valence-electron chi connectivity index (χ4n) is 5.05. The van der Waals surface area contributed by atoms with Gasteiger partial charge >= 0.3 is 0 Å². The van der Waals surface area contributed by atoms with Crippen LogP contribution in [0.4, 0.5) is 4.39 Å². The highest BCUT2D eigenvalue weighted by atomic mass is 19.1. The Labute approximate surface area is 196 Å². The van der Waals surface area contributed by atoms with E-state index in [9.17, 15) is 9.65 Å². The number of nitriles is 1. The standard InChI is InChI=1S/C27H23FN6/c1-33-24-5-4-19(10-21(24)14-32-33)27-26(18-2-3-20(12-29)23(28)11-18)22-7-9-34(25(22)15-31-27)16-17-6-8-30-13-17/h2-5,7,9-11,14-15,17,30H,6,8,13,16H2,1H3/t17-/m0/s1. The zero-order valence-electron chi connectivity index (χ0n) is 18.8. The molecule has 6 nitrogen and oxygen atoms in total. The van der Waals surface area contributed by atoms with Crippen LogP contribution in [0.2, 0.25) is 0 Å². The molecule has 0 spiro atoms. The average Bonchev–Trinajstić information content (AvgIpc) is 3.60. The third-order valence-corrected chi connectivity index (χ3v) is 6.84. The number of hydrogen-bond acceptors (Lipinski definition) is 4. The summed E-state index contributed by atoms with van der Waals surface area (Å²) in [6.45, 7) is 2.99. The van der Waals surface area contributed by atoms with Crippen molar-refractivity contribution in [1.82, 2.24) is 24.6 Å². The van der Waals surface area contributed by atoms with Crippen LogP contribution in [0.25, 0.3) is 44.2 Å². The van der Waals surface area contributed by atoms with Crippen molar-refractivity contribution < 1.29 is 4.39 Å². The summed E-state index contributed by atoms with van der Waals surface area (Å²) in [5.41, 5.74) is 5.39. The minimum absolute atomic E-state index is 0.0357. The quantitative estimate of drug-likeness (QED) is 0.424. The summed E-state index contributed by atoms with van der Waals surface area (Å²) in [5, 5.41) is 19.0. The second-order valence-electron chi connectivity index (χ2n) is 8.96. The van der Waals surface area contributed by atoms with Gasteiger partial charge in [-0.15, -0.1) is 0 Å². The summed E-state index contributed by atoms with van der Waals surface area (Å²) in [4.78, 5) is 4.90. The molecule has 1 fully saturated rings. The van der Waals surface area contributed by atoms with Gasteiger partial charge < -0.3 is 9.88 Å². The topological polar surface area (TPSA) is 71.5 Å². The molecule has 34 heavy (non-hydrogen) atoms. The molecule has 1 aliphatic rings. The molecule has 4 heterocycles. The molecule has 0 saturated carbocycles. The molecule has 0 unspecified atom stereocenters. The van der Waals surface area contributed by atoms with Crippen molar-refractivity contribution in [2.24, 2.45) is 13.0 Å². The number of hydrogen-bond donors (Lipinski definition) is 1. The molecule has 1 atom stereocenters. The van der Waals surface area contributed by atoms with Gasteiger partial charge in [-0.25, -0.2) is 4.39 Å². The zero-order valence-corrected chi connectivity index (χ0v) is 18.8. The van der Waals surface area contributed by atoms with Gasteiger partial charge in [-0.05, 0) is 61.3 Å². The van der Waals surface area contributed by atoms with E-state index in [1.807, 2.05) is 48.4 Å². The minimum atomic E-state index is -0.526. The lowest BCUT2D eigenvalue weighted by atomic mass is 9.95. The number of nitrogens with one attached hydrogen (secondary N) is 1. The van der Waals surface area contributed by atoms with Crippen LogP contribution in [-0.4, -0.2) is 32.4 Å². The predicted molar refractivity (Wildman–Crippen MR) is 131 cm³/mol. The number of halogens is 1. The Balaban J connectivity index is 1.56. The normalized spacial score (nSPS) is 15.9. The monoisotopic (exact) mass is 450 g/mol. The molecule has 2 aromatic carbocycles. The Hall–Kier alpha value is -4.02. The molecule has 0 aliphatic carbocycles. The van der Waals surface area contributed by atoms with Crippen molar-refractivity contribution in [3.05, 3.63) is 72.4 Å². The van der Waals surface area contributed by atoms with E-state index >= 15 is 0 Å². The highest BCUT2D eigenvalue weighted by Gasteiger charge is 2.20. The second kappa shape index (κ2) is 8.08. The Bertz CT molecular complexity index is 1580. The molecule has 1 aliphatic heterocycles. The Morgan fingerprint density at radius 3 is 2.79 bits per heavy atom. The SMILES string of the molecule is Cn1ncc2cc(-c3ncc4c(ccn4C[C@H]4CCNC4)c3-c3ccc(C#N)c(F)c3)ccc21. The number of aromatic nitrogens is 4. The van der Waals surface area contributed by atoms with Crippen molar-refractivity contribution in [3.63, 3.8) is 0 Å². The first kappa shape index (κ1) is 20.6. The van der Waals surface area contributed by atoms with Gasteiger partial charge in [0.15, 0.2) is 0 Å². The molecule has 0 amide bonds. The van der Waals surface area contributed by atoms with Gasteiger partial charge in [-0.3, -0.25) is 9.67 Å².